The molecule has 2 aromatic carbocycles. The van der Waals surface area contributed by atoms with E-state index in [2.05, 4.69) is 20.8 Å². The Kier molecular flexibility index (Phi) is 7.95. The molecule has 0 aliphatic heterocycles. The maximum atomic E-state index is 12.4. The lowest BCUT2D eigenvalue weighted by molar-refractivity contribution is -0.113. The Balaban J connectivity index is 1.58. The highest BCUT2D eigenvalue weighted by Gasteiger charge is 2.15. The first kappa shape index (κ1) is 23.1. The molecule has 1 aromatic heterocycles. The Morgan fingerprint density at radius 2 is 1.90 bits per heavy atom. The molecule has 2 amide bonds. The van der Waals surface area contributed by atoms with Crippen molar-refractivity contribution in [2.75, 3.05) is 11.1 Å². The molecule has 0 fully saturated rings. The van der Waals surface area contributed by atoms with E-state index in [1.165, 1.54) is 11.8 Å². The van der Waals surface area contributed by atoms with Crippen LogP contribution in [0.25, 0.3) is 0 Å². The largest absolute Gasteiger partial charge is 0.345 e. The molecule has 0 bridgehead atoms. The molecule has 0 atom stereocenters. The average molecular weight is 478 g/mol. The summed E-state index contributed by atoms with van der Waals surface area (Å²) in [4.78, 5) is 24.7. The topological polar surface area (TPSA) is 88.9 Å². The second kappa shape index (κ2) is 10.7. The summed E-state index contributed by atoms with van der Waals surface area (Å²) in [5, 5.41) is 15.4. The molecule has 3 rings (SSSR count). The van der Waals surface area contributed by atoms with Gasteiger partial charge in [-0.05, 0) is 43.7 Å². The molecule has 31 heavy (non-hydrogen) atoms. The molecule has 0 saturated carbocycles. The number of benzene rings is 2. The van der Waals surface area contributed by atoms with Crippen LogP contribution < -0.4 is 10.6 Å². The van der Waals surface area contributed by atoms with Gasteiger partial charge in [0.2, 0.25) is 5.91 Å². The van der Waals surface area contributed by atoms with E-state index in [0.29, 0.717) is 38.8 Å². The minimum atomic E-state index is -0.228. The fraction of sp³-hybridized carbons (Fsp3) is 0.238. The number of thioether (sulfide) groups is 1. The minimum absolute atomic E-state index is 0.132. The predicted octanol–water partition coefficient (Wildman–Crippen LogP) is 4.57. The van der Waals surface area contributed by atoms with Gasteiger partial charge in [-0.25, -0.2) is 0 Å². The smallest absolute Gasteiger partial charge is 0.251 e. The Morgan fingerprint density at radius 3 is 2.61 bits per heavy atom. The van der Waals surface area contributed by atoms with E-state index in [1.54, 1.807) is 24.3 Å². The number of nitrogens with one attached hydrogen (secondary N) is 2. The van der Waals surface area contributed by atoms with Gasteiger partial charge in [0.05, 0.1) is 23.0 Å². The maximum absolute atomic E-state index is 12.4. The molecule has 1 heterocycles. The summed E-state index contributed by atoms with van der Waals surface area (Å²) in [6.07, 6.45) is 0. The molecule has 10 heteroatoms. The van der Waals surface area contributed by atoms with Crippen LogP contribution in [0.4, 0.5) is 5.69 Å². The normalized spacial score (nSPS) is 10.7. The molecule has 0 aliphatic rings. The van der Waals surface area contributed by atoms with E-state index in [4.69, 9.17) is 23.2 Å². The van der Waals surface area contributed by atoms with Crippen LogP contribution in [0, 0.1) is 6.92 Å². The fourth-order valence-corrected chi connectivity index (χ4v) is 4.14. The van der Waals surface area contributed by atoms with E-state index < -0.39 is 0 Å². The van der Waals surface area contributed by atoms with Crippen LogP contribution >= 0.6 is 35.0 Å². The number of rotatable bonds is 8. The molecule has 0 saturated heterocycles. The summed E-state index contributed by atoms with van der Waals surface area (Å²) in [5.41, 5.74) is 2.02. The van der Waals surface area contributed by atoms with Gasteiger partial charge < -0.3 is 15.2 Å². The number of nitrogens with zero attached hydrogens (tertiary/aromatic N) is 3. The molecular weight excluding hydrogens is 457 g/mol. The van der Waals surface area contributed by atoms with E-state index in [0.717, 1.165) is 5.56 Å². The number of hydrogen-bond donors (Lipinski definition) is 2. The first-order valence-corrected chi connectivity index (χ1v) is 11.3. The number of carbonyl (C=O) groups excluding carboxylic acids is 2. The number of anilines is 1. The summed E-state index contributed by atoms with van der Waals surface area (Å²) >= 11 is 13.2. The third-order valence-corrected chi connectivity index (χ3v) is 5.96. The minimum Gasteiger partial charge on any atom is -0.345 e. The van der Waals surface area contributed by atoms with Gasteiger partial charge in [0, 0.05) is 17.1 Å². The highest BCUT2D eigenvalue weighted by Crippen LogP contribution is 2.26. The molecule has 0 aliphatic carbocycles. The molecular formula is C21H21Cl2N5O2S. The van der Waals surface area contributed by atoms with Crippen molar-refractivity contribution in [3.8, 4) is 0 Å². The Morgan fingerprint density at radius 1 is 1.13 bits per heavy atom. The van der Waals surface area contributed by atoms with Crippen LogP contribution in [-0.4, -0.2) is 32.3 Å². The van der Waals surface area contributed by atoms with Gasteiger partial charge in [0.1, 0.15) is 0 Å². The van der Waals surface area contributed by atoms with Gasteiger partial charge in [0.25, 0.3) is 5.91 Å². The Labute approximate surface area is 194 Å². The average Bonchev–Trinajstić information content (AvgIpc) is 3.14. The van der Waals surface area contributed by atoms with Crippen molar-refractivity contribution in [2.45, 2.75) is 32.1 Å². The van der Waals surface area contributed by atoms with E-state index >= 15 is 0 Å². The van der Waals surface area contributed by atoms with Crippen molar-refractivity contribution in [1.29, 1.82) is 0 Å². The van der Waals surface area contributed by atoms with Gasteiger partial charge in [0.15, 0.2) is 11.0 Å². The summed E-state index contributed by atoms with van der Waals surface area (Å²) in [6, 6.07) is 12.3. The second-order valence-corrected chi connectivity index (χ2v) is 8.39. The molecule has 0 spiro atoms. The number of aryl methyl sites for hydroxylation is 1. The lowest BCUT2D eigenvalue weighted by Gasteiger charge is -2.10. The highest BCUT2D eigenvalue weighted by atomic mass is 35.5. The third-order valence-electron chi connectivity index (χ3n) is 4.44. The summed E-state index contributed by atoms with van der Waals surface area (Å²) in [7, 11) is 0. The van der Waals surface area contributed by atoms with Crippen molar-refractivity contribution < 1.29 is 9.59 Å². The lowest BCUT2D eigenvalue weighted by Crippen LogP contribution is -2.25. The molecule has 0 radical (unpaired) electrons. The summed E-state index contributed by atoms with van der Waals surface area (Å²) in [6.45, 7) is 4.69. The fourth-order valence-electron chi connectivity index (χ4n) is 2.86. The standard InChI is InChI=1S/C21H21Cl2N5O2S/c1-3-28-18(11-24-20(30)15-7-5-4-6-13(15)2)26-27-21(28)31-12-19(29)25-17-9-8-14(22)10-16(17)23/h4-10H,3,11-12H2,1-2H3,(H,24,30)(H,25,29). The molecule has 2 N–H and O–H groups in total. The molecule has 7 nitrogen and oxygen atoms in total. The molecule has 3 aromatic rings. The third kappa shape index (κ3) is 6.00. The summed E-state index contributed by atoms with van der Waals surface area (Å²) < 4.78 is 1.87. The van der Waals surface area contributed by atoms with Gasteiger partial charge in [-0.2, -0.15) is 0 Å². The Bertz CT molecular complexity index is 1100. The van der Waals surface area contributed by atoms with Crippen LogP contribution in [0.1, 0.15) is 28.7 Å². The van der Waals surface area contributed by atoms with Crippen LogP contribution in [0.2, 0.25) is 10.0 Å². The van der Waals surface area contributed by atoms with Gasteiger partial charge in [-0.3, -0.25) is 9.59 Å². The predicted molar refractivity (Wildman–Crippen MR) is 124 cm³/mol. The number of aromatic nitrogens is 3. The number of amides is 2. The van der Waals surface area contributed by atoms with E-state index in [9.17, 15) is 9.59 Å². The van der Waals surface area contributed by atoms with Crippen molar-refractivity contribution in [3.05, 3.63) is 69.5 Å². The summed E-state index contributed by atoms with van der Waals surface area (Å²) in [5.74, 6) is 0.353. The van der Waals surface area contributed by atoms with E-state index in [1.807, 2.05) is 36.6 Å². The zero-order valence-corrected chi connectivity index (χ0v) is 19.3. The van der Waals surface area contributed by atoms with Crippen LogP contribution in [0.15, 0.2) is 47.6 Å². The number of hydrogen-bond acceptors (Lipinski definition) is 5. The van der Waals surface area contributed by atoms with Crippen molar-refractivity contribution >= 4 is 52.5 Å². The Hall–Kier alpha value is -2.55. The van der Waals surface area contributed by atoms with Gasteiger partial charge >= 0.3 is 0 Å². The lowest BCUT2D eigenvalue weighted by atomic mass is 10.1. The highest BCUT2D eigenvalue weighted by molar-refractivity contribution is 7.99. The first-order chi connectivity index (χ1) is 14.9. The zero-order chi connectivity index (χ0) is 22.4. The van der Waals surface area contributed by atoms with Gasteiger partial charge in [-0.15, -0.1) is 10.2 Å². The SMILES string of the molecule is CCn1c(CNC(=O)c2ccccc2C)nnc1SCC(=O)Nc1ccc(Cl)cc1Cl. The monoisotopic (exact) mass is 477 g/mol. The van der Waals surface area contributed by atoms with Crippen molar-refractivity contribution in [2.24, 2.45) is 0 Å². The van der Waals surface area contributed by atoms with Crippen LogP contribution in [-0.2, 0) is 17.9 Å². The number of halogens is 2. The quantitative estimate of drug-likeness (QED) is 0.463. The van der Waals surface area contributed by atoms with E-state index in [-0.39, 0.29) is 24.1 Å². The maximum Gasteiger partial charge on any atom is 0.251 e. The first-order valence-electron chi connectivity index (χ1n) is 9.52. The second-order valence-electron chi connectivity index (χ2n) is 6.60. The van der Waals surface area contributed by atoms with Crippen LogP contribution in [0.3, 0.4) is 0 Å². The molecule has 0 unspecified atom stereocenters. The van der Waals surface area contributed by atoms with Crippen LogP contribution in [0.5, 0.6) is 0 Å². The van der Waals surface area contributed by atoms with Crippen molar-refractivity contribution in [3.63, 3.8) is 0 Å². The van der Waals surface area contributed by atoms with Crippen molar-refractivity contribution in [1.82, 2.24) is 20.1 Å². The number of carbonyl (C=O) groups is 2. The zero-order valence-electron chi connectivity index (χ0n) is 17.0. The molecule has 162 valence electrons. The van der Waals surface area contributed by atoms with Gasteiger partial charge in [-0.1, -0.05) is 53.2 Å².